The minimum absolute atomic E-state index is 0.0849. The first-order valence-corrected chi connectivity index (χ1v) is 11.5. The van der Waals surface area contributed by atoms with Crippen LogP contribution < -0.4 is 9.47 Å². The number of nitrogens with zero attached hydrogens (tertiary/aromatic N) is 2. The van der Waals surface area contributed by atoms with Crippen molar-refractivity contribution >= 4 is 28.8 Å². The maximum absolute atomic E-state index is 13.0. The van der Waals surface area contributed by atoms with Crippen LogP contribution in [0.5, 0.6) is 11.5 Å². The molecule has 0 aromatic heterocycles. The van der Waals surface area contributed by atoms with Gasteiger partial charge in [0.25, 0.3) is 0 Å². The van der Waals surface area contributed by atoms with Gasteiger partial charge < -0.3 is 14.2 Å². The predicted molar refractivity (Wildman–Crippen MR) is 121 cm³/mol. The summed E-state index contributed by atoms with van der Waals surface area (Å²) in [5.41, 5.74) is 1.66. The lowest BCUT2D eigenvalue weighted by Gasteiger charge is -2.33. The molecule has 1 aromatic rings. The Morgan fingerprint density at radius 1 is 1.29 bits per heavy atom. The lowest BCUT2D eigenvalue weighted by Crippen LogP contribution is -2.40. The minimum Gasteiger partial charge on any atom is -0.493 e. The summed E-state index contributed by atoms with van der Waals surface area (Å²) < 4.78 is 16.9. The predicted octanol–water partition coefficient (Wildman–Crippen LogP) is 4.47. The van der Waals surface area contributed by atoms with Crippen LogP contribution in [-0.2, 0) is 14.3 Å². The Labute approximate surface area is 187 Å². The lowest BCUT2D eigenvalue weighted by molar-refractivity contribution is -0.143. The van der Waals surface area contributed by atoms with Crippen molar-refractivity contribution in [2.75, 3.05) is 13.7 Å². The second kappa shape index (κ2) is 9.77. The smallest absolute Gasteiger partial charge is 0.338 e. The van der Waals surface area contributed by atoms with Gasteiger partial charge in [0.15, 0.2) is 16.7 Å². The number of methoxy groups -OCH3 is 1. The van der Waals surface area contributed by atoms with Crippen LogP contribution in [0.3, 0.4) is 0 Å². The van der Waals surface area contributed by atoms with E-state index in [1.807, 2.05) is 25.1 Å². The van der Waals surface area contributed by atoms with E-state index in [1.165, 1.54) is 11.8 Å². The molecule has 2 aliphatic rings. The van der Waals surface area contributed by atoms with Gasteiger partial charge in [0.1, 0.15) is 0 Å². The lowest BCUT2D eigenvalue weighted by atomic mass is 9.94. The topological polar surface area (TPSA) is 77.4 Å². The van der Waals surface area contributed by atoms with Crippen molar-refractivity contribution in [1.82, 2.24) is 4.90 Å². The highest BCUT2D eigenvalue weighted by Crippen LogP contribution is 2.44. The third-order valence-corrected chi connectivity index (χ3v) is 6.13. The molecule has 0 N–H and O–H groups in total. The normalized spacial score (nSPS) is 20.7. The Bertz CT molecular complexity index is 925. The van der Waals surface area contributed by atoms with Crippen molar-refractivity contribution in [3.05, 3.63) is 35.0 Å². The Balaban J connectivity index is 2.06. The molecule has 31 heavy (non-hydrogen) atoms. The zero-order chi connectivity index (χ0) is 22.7. The highest BCUT2D eigenvalue weighted by molar-refractivity contribution is 8.15. The molecule has 2 unspecified atom stereocenters. The van der Waals surface area contributed by atoms with E-state index in [0.717, 1.165) is 18.4 Å². The molecule has 3 rings (SSSR count). The van der Waals surface area contributed by atoms with Crippen LogP contribution in [0.4, 0.5) is 0 Å². The van der Waals surface area contributed by atoms with Crippen molar-refractivity contribution in [3.63, 3.8) is 0 Å². The summed E-state index contributed by atoms with van der Waals surface area (Å²) in [6, 6.07) is 4.88. The maximum Gasteiger partial charge on any atom is 0.338 e. The molecule has 2 heterocycles. The summed E-state index contributed by atoms with van der Waals surface area (Å²) in [6.07, 6.45) is 1.69. The zero-order valence-corrected chi connectivity index (χ0v) is 19.7. The second-order valence-electron chi connectivity index (χ2n) is 7.83. The van der Waals surface area contributed by atoms with Crippen molar-refractivity contribution in [3.8, 4) is 11.5 Å². The Hall–Kier alpha value is -2.48. The molecule has 0 radical (unpaired) electrons. The van der Waals surface area contributed by atoms with Gasteiger partial charge in [0.2, 0.25) is 5.91 Å². The van der Waals surface area contributed by atoms with Crippen molar-refractivity contribution < 1.29 is 23.8 Å². The van der Waals surface area contributed by atoms with Gasteiger partial charge in [0, 0.05) is 0 Å². The molecule has 2 aliphatic heterocycles. The van der Waals surface area contributed by atoms with Crippen molar-refractivity contribution in [1.29, 1.82) is 0 Å². The Morgan fingerprint density at radius 2 is 2.03 bits per heavy atom. The van der Waals surface area contributed by atoms with Gasteiger partial charge in [-0.05, 0) is 51.8 Å². The van der Waals surface area contributed by atoms with Crippen molar-refractivity contribution in [2.45, 2.75) is 64.9 Å². The van der Waals surface area contributed by atoms with Gasteiger partial charge in [-0.1, -0.05) is 31.2 Å². The van der Waals surface area contributed by atoms with Gasteiger partial charge >= 0.3 is 5.97 Å². The highest BCUT2D eigenvalue weighted by Gasteiger charge is 2.46. The van der Waals surface area contributed by atoms with Gasteiger partial charge in [-0.15, -0.1) is 0 Å². The third-order valence-electron chi connectivity index (χ3n) is 5.08. The van der Waals surface area contributed by atoms with Gasteiger partial charge in [-0.2, -0.15) is 0 Å². The SMILES string of the molecule is CCCCOc1ccc(C2C(C(=O)OC(C)C)=C(C)N=C3SC(C)C(=O)N32)cc1OC. The van der Waals surface area contributed by atoms with Gasteiger partial charge in [-0.3, -0.25) is 9.69 Å². The average molecular weight is 447 g/mol. The monoisotopic (exact) mass is 446 g/mol. The number of carbonyl (C=O) groups is 2. The van der Waals surface area contributed by atoms with Crippen molar-refractivity contribution in [2.24, 2.45) is 4.99 Å². The first-order valence-electron chi connectivity index (χ1n) is 10.6. The number of amidine groups is 1. The van der Waals surface area contributed by atoms with Crippen LogP contribution >= 0.6 is 11.8 Å². The van der Waals surface area contributed by atoms with E-state index in [1.54, 1.807) is 32.8 Å². The molecule has 1 aromatic carbocycles. The molecule has 0 aliphatic carbocycles. The van der Waals surface area contributed by atoms with Gasteiger partial charge in [-0.25, -0.2) is 9.79 Å². The van der Waals surface area contributed by atoms with Crippen LogP contribution in [0.1, 0.15) is 59.1 Å². The average Bonchev–Trinajstić information content (AvgIpc) is 2.99. The Morgan fingerprint density at radius 3 is 2.68 bits per heavy atom. The maximum atomic E-state index is 13.0. The number of aliphatic imine (C=N–C) groups is 1. The molecule has 1 fully saturated rings. The number of amides is 1. The van der Waals surface area contributed by atoms with E-state index in [2.05, 4.69) is 11.9 Å². The van der Waals surface area contributed by atoms with Crippen LogP contribution in [0.25, 0.3) is 0 Å². The quantitative estimate of drug-likeness (QED) is 0.433. The fraction of sp³-hybridized carbons (Fsp3) is 0.522. The molecule has 0 saturated carbocycles. The molecule has 0 bridgehead atoms. The number of allylic oxidation sites excluding steroid dienone is 1. The minimum atomic E-state index is -0.637. The molecule has 1 amide bonds. The van der Waals surface area contributed by atoms with E-state index in [9.17, 15) is 9.59 Å². The fourth-order valence-electron chi connectivity index (χ4n) is 3.56. The van der Waals surface area contributed by atoms with E-state index in [-0.39, 0.29) is 17.3 Å². The van der Waals surface area contributed by atoms with Crippen LogP contribution in [0.2, 0.25) is 0 Å². The summed E-state index contributed by atoms with van der Waals surface area (Å²) in [7, 11) is 1.58. The molecule has 8 heteroatoms. The van der Waals surface area contributed by atoms with E-state index in [0.29, 0.717) is 34.5 Å². The second-order valence-corrected chi connectivity index (χ2v) is 9.14. The summed E-state index contributed by atoms with van der Waals surface area (Å²) in [5.74, 6) is 0.629. The van der Waals surface area contributed by atoms with Crippen LogP contribution in [0.15, 0.2) is 34.5 Å². The number of benzene rings is 1. The molecule has 1 saturated heterocycles. The van der Waals surface area contributed by atoms with Crippen LogP contribution in [-0.4, -0.2) is 47.0 Å². The number of fused-ring (bicyclic) bond motifs is 1. The number of rotatable bonds is 8. The zero-order valence-electron chi connectivity index (χ0n) is 18.9. The number of carbonyl (C=O) groups excluding carboxylic acids is 2. The van der Waals surface area contributed by atoms with Crippen LogP contribution in [0, 0.1) is 0 Å². The number of hydrogen-bond acceptors (Lipinski definition) is 7. The first-order chi connectivity index (χ1) is 14.8. The number of ether oxygens (including phenoxy) is 3. The third kappa shape index (κ3) is 4.74. The van der Waals surface area contributed by atoms with E-state index < -0.39 is 12.0 Å². The molecular weight excluding hydrogens is 416 g/mol. The summed E-state index contributed by atoms with van der Waals surface area (Å²) in [4.78, 5) is 32.2. The van der Waals surface area contributed by atoms with E-state index >= 15 is 0 Å². The number of thioether (sulfide) groups is 1. The summed E-state index contributed by atoms with van der Waals surface area (Å²) in [6.45, 7) is 9.91. The summed E-state index contributed by atoms with van der Waals surface area (Å²) in [5, 5.41) is 0.330. The molecular formula is C23H30N2O5S. The number of hydrogen-bond donors (Lipinski definition) is 0. The first kappa shape index (κ1) is 23.2. The summed E-state index contributed by atoms with van der Waals surface area (Å²) >= 11 is 1.40. The largest absolute Gasteiger partial charge is 0.493 e. The Kier molecular flexibility index (Phi) is 7.30. The standard InChI is InChI=1S/C23H30N2O5S/c1-7-8-11-29-17-10-9-16(12-18(17)28-6)20-19(22(27)30-13(2)3)14(4)24-23-25(20)21(26)15(5)31-23/h9-10,12-13,15,20H,7-8,11H2,1-6H3. The molecule has 168 valence electrons. The highest BCUT2D eigenvalue weighted by atomic mass is 32.2. The molecule has 2 atom stereocenters. The fourth-order valence-corrected chi connectivity index (χ4v) is 4.59. The molecule has 0 spiro atoms. The van der Waals surface area contributed by atoms with E-state index in [4.69, 9.17) is 14.2 Å². The number of esters is 1. The number of unbranched alkanes of at least 4 members (excludes halogenated alkanes) is 1. The van der Waals surface area contributed by atoms with Gasteiger partial charge in [0.05, 0.1) is 42.4 Å². The molecule has 7 nitrogen and oxygen atoms in total.